The Kier molecular flexibility index (Phi) is 7.92. The fourth-order valence-electron chi connectivity index (χ4n) is 3.29. The van der Waals surface area contributed by atoms with Crippen molar-refractivity contribution in [3.63, 3.8) is 0 Å². The summed E-state index contributed by atoms with van der Waals surface area (Å²) in [5.41, 5.74) is 2.23. The van der Waals surface area contributed by atoms with E-state index in [0.717, 1.165) is 11.1 Å². The molecule has 0 aliphatic carbocycles. The number of methoxy groups -OCH3 is 1. The van der Waals surface area contributed by atoms with E-state index in [1.165, 1.54) is 11.3 Å². The third kappa shape index (κ3) is 6.78. The Bertz CT molecular complexity index is 1320. The lowest BCUT2D eigenvalue weighted by atomic mass is 10.1. The summed E-state index contributed by atoms with van der Waals surface area (Å²) in [6, 6.07) is 22.2. The third-order valence-electron chi connectivity index (χ3n) is 4.96. The minimum atomic E-state index is -0.860. The Morgan fingerprint density at radius 2 is 1.77 bits per heavy atom. The van der Waals surface area contributed by atoms with Crippen LogP contribution in [0.4, 0.5) is 15.6 Å². The van der Waals surface area contributed by atoms with E-state index in [1.54, 1.807) is 31.4 Å². The quantitative estimate of drug-likeness (QED) is 0.302. The molecule has 0 aliphatic rings. The van der Waals surface area contributed by atoms with E-state index in [1.807, 2.05) is 54.6 Å². The van der Waals surface area contributed by atoms with Gasteiger partial charge in [-0.3, -0.25) is 10.1 Å². The number of halogens is 1. The summed E-state index contributed by atoms with van der Waals surface area (Å²) in [5.74, 6) is 0.282. The van der Waals surface area contributed by atoms with Crippen LogP contribution in [0.15, 0.2) is 78.9 Å². The van der Waals surface area contributed by atoms with E-state index in [9.17, 15) is 9.59 Å². The molecule has 178 valence electrons. The van der Waals surface area contributed by atoms with Crippen LogP contribution in [0.25, 0.3) is 10.6 Å². The number of nitrogens with one attached hydrogen (secondary N) is 3. The molecule has 0 spiro atoms. The number of aromatic nitrogens is 2. The minimum absolute atomic E-state index is 0.289. The normalized spacial score (nSPS) is 11.4. The molecule has 35 heavy (non-hydrogen) atoms. The van der Waals surface area contributed by atoms with Crippen molar-refractivity contribution in [2.45, 2.75) is 12.5 Å². The molecule has 4 rings (SSSR count). The van der Waals surface area contributed by atoms with Gasteiger partial charge in [0.25, 0.3) is 0 Å². The number of carbonyl (C=O) groups excluding carboxylic acids is 2. The molecule has 0 fully saturated rings. The lowest BCUT2D eigenvalue weighted by molar-refractivity contribution is -0.117. The van der Waals surface area contributed by atoms with Crippen LogP contribution in [0.2, 0.25) is 5.02 Å². The van der Waals surface area contributed by atoms with E-state index in [-0.39, 0.29) is 6.42 Å². The molecule has 3 aromatic carbocycles. The third-order valence-corrected chi connectivity index (χ3v) is 6.08. The Morgan fingerprint density at radius 3 is 2.54 bits per heavy atom. The summed E-state index contributed by atoms with van der Waals surface area (Å²) in [6.45, 7) is 0. The number of hydrogen-bond donors (Lipinski definition) is 3. The van der Waals surface area contributed by atoms with Crippen molar-refractivity contribution in [2.24, 2.45) is 0 Å². The molecule has 1 heterocycles. The van der Waals surface area contributed by atoms with Crippen LogP contribution in [0, 0.1) is 0 Å². The first-order chi connectivity index (χ1) is 17.0. The van der Waals surface area contributed by atoms with Gasteiger partial charge in [0, 0.05) is 22.7 Å². The Morgan fingerprint density at radius 1 is 0.971 bits per heavy atom. The standard InChI is InChI=1S/C25H22ClN5O3S/c1-34-20-12-5-9-17(14-20)23-30-31-25(35-23)29-22(32)21(13-16-7-3-2-4-8-16)28-24(33)27-19-11-6-10-18(26)15-19/h2-12,14-15,21H,13H2,1H3,(H2,27,28,33)(H,29,31,32). The number of rotatable bonds is 8. The SMILES string of the molecule is COc1cccc(-c2nnc(NC(=O)C(Cc3ccccc3)NC(=O)Nc3cccc(Cl)c3)s2)c1. The van der Waals surface area contributed by atoms with Crippen molar-refractivity contribution < 1.29 is 14.3 Å². The first kappa shape index (κ1) is 24.2. The maximum Gasteiger partial charge on any atom is 0.319 e. The molecule has 3 amide bonds. The highest BCUT2D eigenvalue weighted by Gasteiger charge is 2.23. The maximum atomic E-state index is 13.1. The number of carbonyl (C=O) groups is 2. The van der Waals surface area contributed by atoms with Crippen molar-refractivity contribution in [3.8, 4) is 16.3 Å². The number of hydrogen-bond acceptors (Lipinski definition) is 6. The van der Waals surface area contributed by atoms with Crippen molar-refractivity contribution in [1.82, 2.24) is 15.5 Å². The van der Waals surface area contributed by atoms with Gasteiger partial charge in [0.15, 0.2) is 0 Å². The summed E-state index contributed by atoms with van der Waals surface area (Å²) in [4.78, 5) is 25.8. The molecule has 0 saturated heterocycles. The fraction of sp³-hybridized carbons (Fsp3) is 0.120. The van der Waals surface area contributed by atoms with Gasteiger partial charge in [-0.05, 0) is 35.9 Å². The number of urea groups is 1. The molecule has 1 aromatic heterocycles. The summed E-state index contributed by atoms with van der Waals surface area (Å²) >= 11 is 7.22. The topological polar surface area (TPSA) is 105 Å². The molecule has 0 bridgehead atoms. The Balaban J connectivity index is 1.48. The molecule has 3 N–H and O–H groups in total. The van der Waals surface area contributed by atoms with Crippen molar-refractivity contribution >= 4 is 45.7 Å². The smallest absolute Gasteiger partial charge is 0.319 e. The van der Waals surface area contributed by atoms with Gasteiger partial charge in [0.1, 0.15) is 16.8 Å². The summed E-state index contributed by atoms with van der Waals surface area (Å²) in [5, 5.41) is 17.9. The molecule has 10 heteroatoms. The highest BCUT2D eigenvalue weighted by Crippen LogP contribution is 2.28. The predicted octanol–water partition coefficient (Wildman–Crippen LogP) is 5.24. The number of benzene rings is 3. The minimum Gasteiger partial charge on any atom is -0.497 e. The van der Waals surface area contributed by atoms with Crippen molar-refractivity contribution in [1.29, 1.82) is 0 Å². The van der Waals surface area contributed by atoms with Gasteiger partial charge in [-0.1, -0.05) is 71.5 Å². The van der Waals surface area contributed by atoms with Crippen LogP contribution >= 0.6 is 22.9 Å². The second-order valence-corrected chi connectivity index (χ2v) is 8.90. The van der Waals surface area contributed by atoms with Crippen LogP contribution < -0.4 is 20.7 Å². The second kappa shape index (κ2) is 11.5. The van der Waals surface area contributed by atoms with Gasteiger partial charge in [-0.2, -0.15) is 0 Å². The lowest BCUT2D eigenvalue weighted by Gasteiger charge is -2.18. The monoisotopic (exact) mass is 507 g/mol. The average molecular weight is 508 g/mol. The number of ether oxygens (including phenoxy) is 1. The van der Waals surface area contributed by atoms with E-state index < -0.39 is 18.0 Å². The van der Waals surface area contributed by atoms with Gasteiger partial charge in [-0.15, -0.1) is 10.2 Å². The number of nitrogens with zero attached hydrogens (tertiary/aromatic N) is 2. The van der Waals surface area contributed by atoms with Gasteiger partial charge in [0.05, 0.1) is 7.11 Å². The highest BCUT2D eigenvalue weighted by atomic mass is 35.5. The molecular formula is C25H22ClN5O3S. The molecule has 8 nitrogen and oxygen atoms in total. The average Bonchev–Trinajstić information content (AvgIpc) is 3.33. The van der Waals surface area contributed by atoms with Gasteiger partial charge in [0.2, 0.25) is 11.0 Å². The van der Waals surface area contributed by atoms with Crippen molar-refractivity contribution in [3.05, 3.63) is 89.4 Å². The largest absolute Gasteiger partial charge is 0.497 e. The number of amides is 3. The predicted molar refractivity (Wildman–Crippen MR) is 138 cm³/mol. The Hall–Kier alpha value is -3.95. The number of anilines is 2. The first-order valence-corrected chi connectivity index (χ1v) is 11.9. The van der Waals surface area contributed by atoms with Gasteiger partial charge >= 0.3 is 6.03 Å². The van der Waals surface area contributed by atoms with Crippen LogP contribution in [0.1, 0.15) is 5.56 Å². The summed E-state index contributed by atoms with van der Waals surface area (Å²) in [7, 11) is 1.59. The van der Waals surface area contributed by atoms with Crippen molar-refractivity contribution in [2.75, 3.05) is 17.7 Å². The van der Waals surface area contributed by atoms with Gasteiger partial charge < -0.3 is 15.4 Å². The van der Waals surface area contributed by atoms with Crippen LogP contribution in [0.3, 0.4) is 0 Å². The van der Waals surface area contributed by atoms with Gasteiger partial charge in [-0.25, -0.2) is 4.79 Å². The zero-order valence-electron chi connectivity index (χ0n) is 18.7. The summed E-state index contributed by atoms with van der Waals surface area (Å²) in [6.07, 6.45) is 0.289. The highest BCUT2D eigenvalue weighted by molar-refractivity contribution is 7.18. The fourth-order valence-corrected chi connectivity index (χ4v) is 4.22. The summed E-state index contributed by atoms with van der Waals surface area (Å²) < 4.78 is 5.26. The van der Waals surface area contributed by atoms with Crippen LogP contribution in [-0.2, 0) is 11.2 Å². The van der Waals surface area contributed by atoms with E-state index in [0.29, 0.717) is 26.6 Å². The van der Waals surface area contributed by atoms with E-state index in [2.05, 4.69) is 26.1 Å². The molecule has 0 aliphatic heterocycles. The maximum absolute atomic E-state index is 13.1. The second-order valence-electron chi connectivity index (χ2n) is 7.48. The molecule has 0 saturated carbocycles. The van der Waals surface area contributed by atoms with E-state index in [4.69, 9.17) is 16.3 Å². The molecule has 0 radical (unpaired) electrons. The lowest BCUT2D eigenvalue weighted by Crippen LogP contribution is -2.46. The Labute approximate surface area is 211 Å². The zero-order valence-corrected chi connectivity index (χ0v) is 20.3. The molecule has 4 aromatic rings. The molecule has 1 unspecified atom stereocenters. The zero-order chi connectivity index (χ0) is 24.6. The molecule has 1 atom stereocenters. The first-order valence-electron chi connectivity index (χ1n) is 10.7. The van der Waals surface area contributed by atoms with Crippen LogP contribution in [-0.4, -0.2) is 35.3 Å². The van der Waals surface area contributed by atoms with Crippen LogP contribution in [0.5, 0.6) is 5.75 Å². The van der Waals surface area contributed by atoms with E-state index >= 15 is 0 Å². The molecular weight excluding hydrogens is 486 g/mol.